The minimum atomic E-state index is -1.11. The second kappa shape index (κ2) is 9.62. The number of aliphatic hydroxyl groups is 1. The smallest absolute Gasteiger partial charge is 0.191 e. The molecule has 1 aromatic rings. The summed E-state index contributed by atoms with van der Waals surface area (Å²) >= 11 is 0. The second-order valence-corrected chi connectivity index (χ2v) is 6.70. The molecule has 0 saturated heterocycles. The molecule has 2 atom stereocenters. The van der Waals surface area contributed by atoms with Crippen LogP contribution in [0.1, 0.15) is 32.4 Å². The average molecular weight is 450 g/mol. The van der Waals surface area contributed by atoms with Crippen molar-refractivity contribution in [1.29, 1.82) is 0 Å². The predicted molar refractivity (Wildman–Crippen MR) is 108 cm³/mol. The number of guanidine groups is 1. The van der Waals surface area contributed by atoms with Crippen molar-refractivity contribution in [3.63, 3.8) is 0 Å². The molecule has 1 heterocycles. The molecule has 3 N–H and O–H groups in total. The molecular formula is C17H31IN4O2. The lowest BCUT2D eigenvalue weighted by Gasteiger charge is -2.26. The van der Waals surface area contributed by atoms with Crippen molar-refractivity contribution in [3.8, 4) is 0 Å². The molecule has 6 nitrogen and oxygen atoms in total. The van der Waals surface area contributed by atoms with Crippen molar-refractivity contribution in [2.24, 2.45) is 10.9 Å². The van der Waals surface area contributed by atoms with E-state index >= 15 is 0 Å². The number of aliphatic imine (C=N–C) groups is 1. The van der Waals surface area contributed by atoms with E-state index in [-0.39, 0.29) is 30.5 Å². The first-order valence-corrected chi connectivity index (χ1v) is 8.39. The number of nitrogens with zero attached hydrogens (tertiary/aromatic N) is 2. The molecule has 7 heteroatoms. The van der Waals surface area contributed by atoms with Gasteiger partial charge in [-0.2, -0.15) is 0 Å². The van der Waals surface area contributed by atoms with Crippen molar-refractivity contribution in [2.75, 3.05) is 33.7 Å². The molecule has 0 aliphatic heterocycles. The number of halogens is 1. The van der Waals surface area contributed by atoms with Gasteiger partial charge in [0.15, 0.2) is 5.96 Å². The summed E-state index contributed by atoms with van der Waals surface area (Å²) in [6, 6.07) is 4.06. The Morgan fingerprint density at radius 1 is 1.46 bits per heavy atom. The summed E-state index contributed by atoms with van der Waals surface area (Å²) < 4.78 is 5.29. The largest absolute Gasteiger partial charge is 0.466 e. The summed E-state index contributed by atoms with van der Waals surface area (Å²) in [7, 11) is 4.24. The molecule has 0 aromatic carbocycles. The first-order chi connectivity index (χ1) is 10.9. The summed E-state index contributed by atoms with van der Waals surface area (Å²) in [5.41, 5.74) is -1.11. The number of likely N-dealkylation sites (N-methyl/N-ethyl adjacent to an activating group) is 1. The highest BCUT2D eigenvalue weighted by molar-refractivity contribution is 14.0. The van der Waals surface area contributed by atoms with Gasteiger partial charge in [-0.3, -0.25) is 0 Å². The summed E-state index contributed by atoms with van der Waals surface area (Å²) in [6.45, 7) is 5.63. The fraction of sp³-hybridized carbons (Fsp3) is 0.706. The van der Waals surface area contributed by atoms with Gasteiger partial charge in [0.2, 0.25) is 0 Å². The molecule has 1 saturated carbocycles. The van der Waals surface area contributed by atoms with Gasteiger partial charge in [-0.15, -0.1) is 24.0 Å². The van der Waals surface area contributed by atoms with Crippen LogP contribution in [0.3, 0.4) is 0 Å². The maximum Gasteiger partial charge on any atom is 0.191 e. The molecule has 1 aliphatic carbocycles. The van der Waals surface area contributed by atoms with Crippen molar-refractivity contribution in [1.82, 2.24) is 15.5 Å². The normalized spacial score (nSPS) is 18.7. The van der Waals surface area contributed by atoms with Crippen LogP contribution < -0.4 is 10.6 Å². The van der Waals surface area contributed by atoms with Crippen molar-refractivity contribution in [2.45, 2.75) is 38.3 Å². The van der Waals surface area contributed by atoms with E-state index in [4.69, 9.17) is 4.42 Å². The van der Waals surface area contributed by atoms with Gasteiger partial charge in [-0.1, -0.05) is 0 Å². The minimum absolute atomic E-state index is 0. The Morgan fingerprint density at radius 3 is 2.67 bits per heavy atom. The highest BCUT2D eigenvalue weighted by atomic mass is 127. The maximum atomic E-state index is 10.5. The van der Waals surface area contributed by atoms with E-state index in [1.54, 1.807) is 25.3 Å². The number of rotatable bonds is 8. The second-order valence-electron chi connectivity index (χ2n) is 6.70. The predicted octanol–water partition coefficient (Wildman–Crippen LogP) is 2.00. The lowest BCUT2D eigenvalue weighted by molar-refractivity contribution is 0.0437. The zero-order valence-corrected chi connectivity index (χ0v) is 17.4. The van der Waals surface area contributed by atoms with E-state index in [0.717, 1.165) is 25.0 Å². The highest BCUT2D eigenvalue weighted by Crippen LogP contribution is 2.34. The molecule has 24 heavy (non-hydrogen) atoms. The van der Waals surface area contributed by atoms with E-state index in [1.807, 2.05) is 6.92 Å². The van der Waals surface area contributed by atoms with Gasteiger partial charge in [-0.25, -0.2) is 4.99 Å². The van der Waals surface area contributed by atoms with Crippen LogP contribution in [0.2, 0.25) is 0 Å². The Labute approximate surface area is 162 Å². The first kappa shape index (κ1) is 21.2. The molecule has 1 aromatic heterocycles. The van der Waals surface area contributed by atoms with Crippen LogP contribution in [-0.4, -0.2) is 55.7 Å². The standard InChI is InChI=1S/C17H30N4O2.HI/c1-5-18-16(19-11-14(21(3)4)13-8-9-13)20-12-17(2,22)15-7-6-10-23-15;/h6-7,10,13-14,22H,5,8-9,11-12H2,1-4H3,(H2,18,19,20);1H. The first-order valence-electron chi connectivity index (χ1n) is 8.39. The third kappa shape index (κ3) is 6.25. The Morgan fingerprint density at radius 2 is 2.17 bits per heavy atom. The quantitative estimate of drug-likeness (QED) is 0.321. The van der Waals surface area contributed by atoms with Crippen molar-refractivity contribution < 1.29 is 9.52 Å². The highest BCUT2D eigenvalue weighted by Gasteiger charge is 2.32. The SMILES string of the molecule is CCNC(=NCC(C)(O)c1ccco1)NCC(C1CC1)N(C)C.I. The summed E-state index contributed by atoms with van der Waals surface area (Å²) in [5.74, 6) is 2.04. The molecular weight excluding hydrogens is 419 g/mol. The summed E-state index contributed by atoms with van der Waals surface area (Å²) in [6.07, 6.45) is 4.19. The Balaban J connectivity index is 0.00000288. The average Bonchev–Trinajstić information content (AvgIpc) is 3.15. The third-order valence-electron chi connectivity index (χ3n) is 4.25. The summed E-state index contributed by atoms with van der Waals surface area (Å²) in [4.78, 5) is 6.79. The van der Waals surface area contributed by atoms with Gasteiger partial charge in [0.25, 0.3) is 0 Å². The minimum Gasteiger partial charge on any atom is -0.466 e. The van der Waals surface area contributed by atoms with E-state index in [2.05, 4.69) is 34.6 Å². The molecule has 0 radical (unpaired) electrons. The van der Waals surface area contributed by atoms with Gasteiger partial charge >= 0.3 is 0 Å². The third-order valence-corrected chi connectivity index (χ3v) is 4.25. The zero-order valence-electron chi connectivity index (χ0n) is 15.1. The molecule has 2 rings (SSSR count). The van der Waals surface area contributed by atoms with Crippen LogP contribution in [0.5, 0.6) is 0 Å². The summed E-state index contributed by atoms with van der Waals surface area (Å²) in [5, 5.41) is 17.1. The number of nitrogens with one attached hydrogen (secondary N) is 2. The van der Waals surface area contributed by atoms with E-state index in [1.165, 1.54) is 12.8 Å². The van der Waals surface area contributed by atoms with E-state index < -0.39 is 5.60 Å². The monoisotopic (exact) mass is 450 g/mol. The van der Waals surface area contributed by atoms with Crippen LogP contribution in [0, 0.1) is 5.92 Å². The van der Waals surface area contributed by atoms with E-state index in [9.17, 15) is 5.11 Å². The van der Waals surface area contributed by atoms with Crippen LogP contribution >= 0.6 is 24.0 Å². The molecule has 0 amide bonds. The lowest BCUT2D eigenvalue weighted by atomic mass is 10.0. The van der Waals surface area contributed by atoms with Gasteiger partial charge in [-0.05, 0) is 58.8 Å². The number of hydrogen-bond donors (Lipinski definition) is 3. The Bertz CT molecular complexity index is 497. The topological polar surface area (TPSA) is 73.0 Å². The number of hydrogen-bond acceptors (Lipinski definition) is 4. The fourth-order valence-electron chi connectivity index (χ4n) is 2.69. The molecule has 1 aliphatic rings. The Kier molecular flexibility index (Phi) is 8.52. The van der Waals surface area contributed by atoms with Crippen molar-refractivity contribution in [3.05, 3.63) is 24.2 Å². The molecule has 1 fully saturated rings. The lowest BCUT2D eigenvalue weighted by Crippen LogP contribution is -2.46. The van der Waals surface area contributed by atoms with Gasteiger partial charge in [0, 0.05) is 19.1 Å². The van der Waals surface area contributed by atoms with Gasteiger partial charge < -0.3 is 25.1 Å². The van der Waals surface area contributed by atoms with Crippen LogP contribution in [0.15, 0.2) is 27.8 Å². The fourth-order valence-corrected chi connectivity index (χ4v) is 2.69. The number of furan rings is 1. The molecule has 2 unspecified atom stereocenters. The van der Waals surface area contributed by atoms with Gasteiger partial charge in [0.05, 0.1) is 12.8 Å². The van der Waals surface area contributed by atoms with Crippen molar-refractivity contribution >= 4 is 29.9 Å². The molecule has 0 spiro atoms. The zero-order chi connectivity index (χ0) is 16.9. The maximum absolute atomic E-state index is 10.5. The van der Waals surface area contributed by atoms with Crippen LogP contribution in [0.25, 0.3) is 0 Å². The molecule has 138 valence electrons. The van der Waals surface area contributed by atoms with Gasteiger partial charge in [0.1, 0.15) is 11.4 Å². The van der Waals surface area contributed by atoms with Crippen LogP contribution in [0.4, 0.5) is 0 Å². The van der Waals surface area contributed by atoms with E-state index in [0.29, 0.717) is 11.8 Å². The van der Waals surface area contributed by atoms with Crippen LogP contribution in [-0.2, 0) is 5.60 Å². The Hall–Kier alpha value is -0.800. The molecule has 0 bridgehead atoms.